The zero-order chi connectivity index (χ0) is 10.8. The number of nitrogens with one attached hydrogen (secondary N) is 1. The van der Waals surface area contributed by atoms with E-state index in [1.807, 2.05) is 0 Å². The van der Waals surface area contributed by atoms with Gasteiger partial charge in [-0.05, 0) is 37.4 Å². The molecule has 1 aliphatic rings. The van der Waals surface area contributed by atoms with E-state index in [0.29, 0.717) is 18.0 Å². The maximum Gasteiger partial charge on any atom is 0.148 e. The lowest BCUT2D eigenvalue weighted by molar-refractivity contribution is 0.467. The van der Waals surface area contributed by atoms with E-state index < -0.39 is 5.82 Å². The molecule has 82 valence electrons. The van der Waals surface area contributed by atoms with Gasteiger partial charge < -0.3 is 10.4 Å². The van der Waals surface area contributed by atoms with Gasteiger partial charge in [-0.15, -0.1) is 0 Å². The van der Waals surface area contributed by atoms with E-state index in [1.54, 1.807) is 6.07 Å². The minimum atomic E-state index is -0.495. The molecule has 4 heteroatoms. The maximum atomic E-state index is 13.6. The lowest BCUT2D eigenvalue weighted by atomic mass is 10.0. The first kappa shape index (κ1) is 10.7. The van der Waals surface area contributed by atoms with Gasteiger partial charge in [0.25, 0.3) is 0 Å². The van der Waals surface area contributed by atoms with Crippen molar-refractivity contribution in [2.24, 2.45) is 0 Å². The van der Waals surface area contributed by atoms with Crippen LogP contribution in [0.2, 0.25) is 5.02 Å². The minimum absolute atomic E-state index is 0.175. The van der Waals surface area contributed by atoms with Gasteiger partial charge in [-0.2, -0.15) is 0 Å². The fourth-order valence-corrected chi connectivity index (χ4v) is 2.12. The van der Waals surface area contributed by atoms with E-state index in [0.717, 1.165) is 19.4 Å². The van der Waals surface area contributed by atoms with E-state index in [-0.39, 0.29) is 10.8 Å². The van der Waals surface area contributed by atoms with Crippen molar-refractivity contribution in [3.05, 3.63) is 28.5 Å². The van der Waals surface area contributed by atoms with E-state index in [1.165, 1.54) is 6.07 Å². The molecule has 0 saturated carbocycles. The molecule has 2 rings (SSSR count). The highest BCUT2D eigenvalue weighted by Crippen LogP contribution is 2.29. The zero-order valence-electron chi connectivity index (χ0n) is 8.26. The molecule has 1 aromatic rings. The molecule has 1 saturated heterocycles. The zero-order valence-corrected chi connectivity index (χ0v) is 9.02. The third kappa shape index (κ3) is 2.24. The fourth-order valence-electron chi connectivity index (χ4n) is 1.93. The van der Waals surface area contributed by atoms with Crippen LogP contribution in [-0.4, -0.2) is 17.7 Å². The van der Waals surface area contributed by atoms with Gasteiger partial charge in [-0.25, -0.2) is 4.39 Å². The van der Waals surface area contributed by atoms with Crippen molar-refractivity contribution < 1.29 is 9.50 Å². The Morgan fingerprint density at radius 2 is 2.33 bits per heavy atom. The van der Waals surface area contributed by atoms with Crippen LogP contribution < -0.4 is 5.32 Å². The number of halogens is 2. The highest BCUT2D eigenvalue weighted by Gasteiger charge is 2.18. The maximum absolute atomic E-state index is 13.6. The Morgan fingerprint density at radius 1 is 1.53 bits per heavy atom. The van der Waals surface area contributed by atoms with E-state index >= 15 is 0 Å². The smallest absolute Gasteiger partial charge is 0.148 e. The SMILES string of the molecule is Oc1ccc(CC2CCCN2)c(F)c1Cl. The Labute approximate surface area is 93.1 Å². The number of benzene rings is 1. The summed E-state index contributed by atoms with van der Waals surface area (Å²) in [6.45, 7) is 0.998. The fraction of sp³-hybridized carbons (Fsp3) is 0.455. The number of phenolic OH excluding ortho intramolecular Hbond substituents is 1. The Kier molecular flexibility index (Phi) is 3.12. The molecule has 2 nitrogen and oxygen atoms in total. The van der Waals surface area contributed by atoms with Gasteiger partial charge in [-0.3, -0.25) is 0 Å². The van der Waals surface area contributed by atoms with Crippen LogP contribution in [0, 0.1) is 5.82 Å². The molecule has 1 heterocycles. The third-order valence-electron chi connectivity index (χ3n) is 2.77. The molecule has 1 atom stereocenters. The molecule has 15 heavy (non-hydrogen) atoms. The summed E-state index contributed by atoms with van der Waals surface area (Å²) in [6, 6.07) is 3.37. The third-order valence-corrected chi connectivity index (χ3v) is 3.13. The normalized spacial score (nSPS) is 20.8. The summed E-state index contributed by atoms with van der Waals surface area (Å²) >= 11 is 5.62. The second-order valence-electron chi connectivity index (χ2n) is 3.87. The summed E-state index contributed by atoms with van der Waals surface area (Å²) < 4.78 is 13.6. The van der Waals surface area contributed by atoms with Gasteiger partial charge in [-0.1, -0.05) is 17.7 Å². The van der Waals surface area contributed by atoms with Crippen molar-refractivity contribution >= 4 is 11.6 Å². The van der Waals surface area contributed by atoms with Gasteiger partial charge >= 0.3 is 0 Å². The molecule has 1 fully saturated rings. The molecular weight excluding hydrogens is 217 g/mol. The average molecular weight is 230 g/mol. The Bertz CT molecular complexity index is 364. The monoisotopic (exact) mass is 229 g/mol. The van der Waals surface area contributed by atoms with Crippen molar-refractivity contribution in [1.82, 2.24) is 5.32 Å². The molecule has 0 aliphatic carbocycles. The standard InChI is InChI=1S/C11H13ClFNO/c12-10-9(15)4-3-7(11(10)13)6-8-2-1-5-14-8/h3-4,8,14-15H,1-2,5-6H2. The first-order valence-corrected chi connectivity index (χ1v) is 5.45. The van der Waals surface area contributed by atoms with Gasteiger partial charge in [0.15, 0.2) is 0 Å². The Morgan fingerprint density at radius 3 is 3.00 bits per heavy atom. The van der Waals surface area contributed by atoms with Crippen molar-refractivity contribution in [2.45, 2.75) is 25.3 Å². The van der Waals surface area contributed by atoms with Crippen LogP contribution in [0.4, 0.5) is 4.39 Å². The lowest BCUT2D eigenvalue weighted by Crippen LogP contribution is -2.24. The highest BCUT2D eigenvalue weighted by atomic mass is 35.5. The van der Waals surface area contributed by atoms with E-state index in [9.17, 15) is 9.50 Å². The molecule has 0 radical (unpaired) electrons. The topological polar surface area (TPSA) is 32.3 Å². The van der Waals surface area contributed by atoms with Crippen molar-refractivity contribution in [2.75, 3.05) is 6.54 Å². The van der Waals surface area contributed by atoms with Crippen molar-refractivity contribution in [3.63, 3.8) is 0 Å². The van der Waals surface area contributed by atoms with Crippen molar-refractivity contribution in [1.29, 1.82) is 0 Å². The average Bonchev–Trinajstić information content (AvgIpc) is 2.72. The molecular formula is C11H13ClFNO. The van der Waals surface area contributed by atoms with Crippen LogP contribution in [0.1, 0.15) is 18.4 Å². The molecule has 0 aromatic heterocycles. The van der Waals surface area contributed by atoms with Gasteiger partial charge in [0.05, 0.1) is 0 Å². The summed E-state index contributed by atoms with van der Waals surface area (Å²) in [6.07, 6.45) is 2.84. The summed E-state index contributed by atoms with van der Waals surface area (Å²) in [7, 11) is 0. The van der Waals surface area contributed by atoms with Crippen LogP contribution in [0.15, 0.2) is 12.1 Å². The number of aromatic hydroxyl groups is 1. The number of rotatable bonds is 2. The van der Waals surface area contributed by atoms with E-state index in [2.05, 4.69) is 5.32 Å². The van der Waals surface area contributed by atoms with Gasteiger partial charge in [0, 0.05) is 6.04 Å². The Balaban J connectivity index is 2.17. The minimum Gasteiger partial charge on any atom is -0.506 e. The van der Waals surface area contributed by atoms with E-state index in [4.69, 9.17) is 11.6 Å². The largest absolute Gasteiger partial charge is 0.506 e. The van der Waals surface area contributed by atoms with Gasteiger partial charge in [0.1, 0.15) is 16.6 Å². The second-order valence-corrected chi connectivity index (χ2v) is 4.25. The van der Waals surface area contributed by atoms with Crippen LogP contribution in [0.3, 0.4) is 0 Å². The molecule has 1 aliphatic heterocycles. The first-order chi connectivity index (χ1) is 7.18. The molecule has 0 bridgehead atoms. The van der Waals surface area contributed by atoms with Crippen LogP contribution in [0.5, 0.6) is 5.75 Å². The van der Waals surface area contributed by atoms with Crippen molar-refractivity contribution in [3.8, 4) is 5.75 Å². The number of hydrogen-bond donors (Lipinski definition) is 2. The number of phenols is 1. The Hall–Kier alpha value is -0.800. The summed E-state index contributed by atoms with van der Waals surface area (Å²) in [5.74, 6) is -0.692. The molecule has 1 unspecified atom stereocenters. The first-order valence-electron chi connectivity index (χ1n) is 5.07. The predicted molar refractivity (Wildman–Crippen MR) is 57.8 cm³/mol. The molecule has 2 N–H and O–H groups in total. The molecule has 0 amide bonds. The molecule has 0 spiro atoms. The lowest BCUT2D eigenvalue weighted by Gasteiger charge is -2.11. The summed E-state index contributed by atoms with van der Waals surface area (Å²) in [4.78, 5) is 0. The van der Waals surface area contributed by atoms with Crippen LogP contribution in [0.25, 0.3) is 0 Å². The quantitative estimate of drug-likeness (QED) is 0.817. The predicted octanol–water partition coefficient (Wildman–Crippen LogP) is 2.48. The van der Waals surface area contributed by atoms with Crippen LogP contribution in [-0.2, 0) is 6.42 Å². The summed E-state index contributed by atoms with van der Waals surface area (Å²) in [5, 5.41) is 12.3. The summed E-state index contributed by atoms with van der Waals surface area (Å²) in [5.41, 5.74) is 0.567. The highest BCUT2D eigenvalue weighted by molar-refractivity contribution is 6.32. The second kappa shape index (κ2) is 4.37. The number of hydrogen-bond acceptors (Lipinski definition) is 2. The van der Waals surface area contributed by atoms with Gasteiger partial charge in [0.2, 0.25) is 0 Å². The molecule has 1 aromatic carbocycles. The van der Waals surface area contributed by atoms with Crippen LogP contribution >= 0.6 is 11.6 Å².